The van der Waals surface area contributed by atoms with Crippen LogP contribution in [-0.4, -0.2) is 14.3 Å². The number of halogens is 1. The molecule has 66 valence electrons. The molecule has 0 saturated carbocycles. The molecular weight excluding hydrogens is 267 g/mol. The highest BCUT2D eigenvalue weighted by Gasteiger charge is 2.13. The first kappa shape index (κ1) is 9.95. The zero-order chi connectivity index (χ0) is 9.14. The van der Waals surface area contributed by atoms with Gasteiger partial charge in [-0.15, -0.1) is 0 Å². The van der Waals surface area contributed by atoms with E-state index in [0.29, 0.717) is 0 Å². The van der Waals surface area contributed by atoms with Gasteiger partial charge in [0.15, 0.2) is 0 Å². The molecule has 0 aromatic heterocycles. The molecule has 1 aromatic carbocycles. The monoisotopic (exact) mass is 278 g/mol. The summed E-state index contributed by atoms with van der Waals surface area (Å²) in [6.07, 6.45) is -0.786. The Morgan fingerprint density at radius 2 is 1.67 bits per heavy atom. The highest BCUT2D eigenvalue weighted by molar-refractivity contribution is 14.1. The van der Waals surface area contributed by atoms with Crippen molar-refractivity contribution in [1.29, 1.82) is 0 Å². The lowest BCUT2D eigenvalue weighted by Gasteiger charge is -2.12. The van der Waals surface area contributed by atoms with Gasteiger partial charge in [-0.3, -0.25) is 0 Å². The molecule has 0 aliphatic carbocycles. The number of hydrogen-bond acceptors (Lipinski definition) is 2. The molecule has 0 heterocycles. The van der Waals surface area contributed by atoms with Crippen molar-refractivity contribution >= 4 is 22.6 Å². The van der Waals surface area contributed by atoms with Crippen molar-refractivity contribution < 1.29 is 10.2 Å². The Labute approximate surface area is 85.4 Å². The summed E-state index contributed by atoms with van der Waals surface area (Å²) in [4.78, 5) is 0. The van der Waals surface area contributed by atoms with E-state index >= 15 is 0 Å². The molecule has 2 atom stereocenters. The van der Waals surface area contributed by atoms with Gasteiger partial charge in [-0.2, -0.15) is 0 Å². The number of aliphatic hydroxyl groups is 2. The van der Waals surface area contributed by atoms with Crippen LogP contribution in [-0.2, 0) is 0 Å². The third-order valence-electron chi connectivity index (χ3n) is 1.68. The summed E-state index contributed by atoms with van der Waals surface area (Å²) in [5.74, 6) is 0. The normalized spacial score (nSPS) is 15.7. The molecule has 0 radical (unpaired) electrons. The molecule has 0 saturated heterocycles. The summed E-state index contributed by atoms with van der Waals surface area (Å²) in [6, 6.07) is 7.47. The predicted octanol–water partition coefficient (Wildman–Crippen LogP) is 1.78. The Bertz CT molecular complexity index is 243. The van der Waals surface area contributed by atoms with Crippen LogP contribution in [0.5, 0.6) is 0 Å². The molecule has 12 heavy (non-hydrogen) atoms. The van der Waals surface area contributed by atoms with Crippen LogP contribution in [0, 0.1) is 6.92 Å². The minimum Gasteiger partial charge on any atom is -0.385 e. The van der Waals surface area contributed by atoms with Gasteiger partial charge in [0.2, 0.25) is 0 Å². The molecule has 0 amide bonds. The summed E-state index contributed by atoms with van der Waals surface area (Å²) >= 11 is 1.79. The molecule has 2 unspecified atom stereocenters. The number of rotatable bonds is 2. The maximum Gasteiger partial charge on any atom is 0.135 e. The minimum atomic E-state index is -0.786. The molecule has 0 bridgehead atoms. The molecule has 0 aliphatic rings. The van der Waals surface area contributed by atoms with E-state index in [1.54, 1.807) is 22.6 Å². The van der Waals surface area contributed by atoms with Gasteiger partial charge in [0.25, 0.3) is 0 Å². The predicted molar refractivity (Wildman–Crippen MR) is 56.2 cm³/mol. The van der Waals surface area contributed by atoms with E-state index in [0.717, 1.165) is 11.1 Å². The van der Waals surface area contributed by atoms with Crippen LogP contribution in [0.4, 0.5) is 0 Å². The minimum absolute atomic E-state index is 0.745. The Kier molecular flexibility index (Phi) is 3.49. The largest absolute Gasteiger partial charge is 0.385 e. The van der Waals surface area contributed by atoms with Gasteiger partial charge in [-0.25, -0.2) is 0 Å². The quantitative estimate of drug-likeness (QED) is 0.639. The lowest BCUT2D eigenvalue weighted by atomic mass is 10.1. The summed E-state index contributed by atoms with van der Waals surface area (Å²) < 4.78 is -0.745. The van der Waals surface area contributed by atoms with Crippen molar-refractivity contribution in [2.45, 2.75) is 17.1 Å². The van der Waals surface area contributed by atoms with Crippen LogP contribution >= 0.6 is 22.6 Å². The van der Waals surface area contributed by atoms with E-state index in [2.05, 4.69) is 0 Å². The summed E-state index contributed by atoms with van der Waals surface area (Å²) in [7, 11) is 0. The van der Waals surface area contributed by atoms with Crippen molar-refractivity contribution in [3.8, 4) is 0 Å². The van der Waals surface area contributed by atoms with Gasteiger partial charge in [0, 0.05) is 0 Å². The van der Waals surface area contributed by atoms with Crippen LogP contribution in [0.3, 0.4) is 0 Å². The number of aliphatic hydroxyl groups excluding tert-OH is 2. The number of benzene rings is 1. The average molecular weight is 278 g/mol. The first-order valence-electron chi connectivity index (χ1n) is 3.68. The standard InChI is InChI=1S/C9H11IO2/c1-6-2-4-7(5-3-6)8(11)9(10)12/h2-5,8-9,11-12H,1H3. The van der Waals surface area contributed by atoms with Crippen molar-refractivity contribution in [3.05, 3.63) is 35.4 Å². The fraction of sp³-hybridized carbons (Fsp3) is 0.333. The second-order valence-electron chi connectivity index (χ2n) is 2.73. The van der Waals surface area contributed by atoms with Gasteiger partial charge >= 0.3 is 0 Å². The number of alkyl halides is 1. The van der Waals surface area contributed by atoms with Gasteiger partial charge in [-0.05, 0) is 35.1 Å². The summed E-state index contributed by atoms with van der Waals surface area (Å²) in [5, 5.41) is 18.5. The zero-order valence-electron chi connectivity index (χ0n) is 6.74. The summed E-state index contributed by atoms with van der Waals surface area (Å²) in [6.45, 7) is 1.98. The fourth-order valence-electron chi connectivity index (χ4n) is 0.922. The fourth-order valence-corrected chi connectivity index (χ4v) is 1.34. The molecule has 1 rings (SSSR count). The molecular formula is C9H11IO2. The molecule has 3 heteroatoms. The average Bonchev–Trinajstić information content (AvgIpc) is 2.04. The summed E-state index contributed by atoms with van der Waals surface area (Å²) in [5.41, 5.74) is 1.90. The highest BCUT2D eigenvalue weighted by atomic mass is 127. The third-order valence-corrected chi connectivity index (χ3v) is 2.36. The molecule has 1 aromatic rings. The zero-order valence-corrected chi connectivity index (χ0v) is 8.89. The van der Waals surface area contributed by atoms with Gasteiger partial charge in [-0.1, -0.05) is 29.8 Å². The van der Waals surface area contributed by atoms with Crippen molar-refractivity contribution in [1.82, 2.24) is 0 Å². The number of aryl methyl sites for hydroxylation is 1. The second-order valence-corrected chi connectivity index (χ2v) is 4.00. The molecule has 2 N–H and O–H groups in total. The van der Waals surface area contributed by atoms with E-state index < -0.39 is 10.2 Å². The Morgan fingerprint density at radius 3 is 2.08 bits per heavy atom. The van der Waals surface area contributed by atoms with Crippen LogP contribution in [0.2, 0.25) is 0 Å². The van der Waals surface area contributed by atoms with Crippen molar-refractivity contribution in [2.24, 2.45) is 0 Å². The molecule has 0 spiro atoms. The second kappa shape index (κ2) is 4.20. The van der Waals surface area contributed by atoms with E-state index in [-0.39, 0.29) is 0 Å². The van der Waals surface area contributed by atoms with Crippen LogP contribution in [0.15, 0.2) is 24.3 Å². The van der Waals surface area contributed by atoms with Crippen LogP contribution in [0.1, 0.15) is 17.2 Å². The molecule has 0 fully saturated rings. The van der Waals surface area contributed by atoms with E-state index in [4.69, 9.17) is 5.11 Å². The molecule has 2 nitrogen and oxygen atoms in total. The van der Waals surface area contributed by atoms with E-state index in [9.17, 15) is 5.11 Å². The van der Waals surface area contributed by atoms with Gasteiger partial charge < -0.3 is 10.2 Å². The first-order valence-corrected chi connectivity index (χ1v) is 4.92. The van der Waals surface area contributed by atoms with Gasteiger partial charge in [0.05, 0.1) is 0 Å². The van der Waals surface area contributed by atoms with Crippen LogP contribution in [0.25, 0.3) is 0 Å². The van der Waals surface area contributed by atoms with Gasteiger partial charge in [0.1, 0.15) is 10.2 Å². The SMILES string of the molecule is Cc1ccc(C(O)C(O)I)cc1. The topological polar surface area (TPSA) is 40.5 Å². The highest BCUT2D eigenvalue weighted by Crippen LogP contribution is 2.20. The van der Waals surface area contributed by atoms with Crippen molar-refractivity contribution in [2.75, 3.05) is 0 Å². The maximum absolute atomic E-state index is 9.43. The van der Waals surface area contributed by atoms with Crippen LogP contribution < -0.4 is 0 Å². The Hall–Kier alpha value is -0.130. The molecule has 0 aliphatic heterocycles. The van der Waals surface area contributed by atoms with Crippen molar-refractivity contribution in [3.63, 3.8) is 0 Å². The first-order chi connectivity index (χ1) is 5.61. The Morgan fingerprint density at radius 1 is 1.17 bits per heavy atom. The Balaban J connectivity index is 2.82. The lowest BCUT2D eigenvalue weighted by Crippen LogP contribution is -2.10. The van der Waals surface area contributed by atoms with E-state index in [1.165, 1.54) is 0 Å². The lowest BCUT2D eigenvalue weighted by molar-refractivity contribution is 0.0832. The maximum atomic E-state index is 9.43. The number of hydrogen-bond donors (Lipinski definition) is 2. The van der Waals surface area contributed by atoms with E-state index in [1.807, 2.05) is 31.2 Å². The third kappa shape index (κ3) is 2.43. The smallest absolute Gasteiger partial charge is 0.135 e.